The molecule has 3 unspecified atom stereocenters. The number of rotatable bonds is 32. The minimum atomic E-state index is -1.12. The molecule has 4 N–H and O–H groups in total. The van der Waals surface area contributed by atoms with Crippen LogP contribution in [0.15, 0.2) is 48.6 Å². The number of aliphatic hydroxyl groups is 3. The lowest BCUT2D eigenvalue weighted by Gasteiger charge is -2.21. The molecule has 0 heterocycles. The van der Waals surface area contributed by atoms with Gasteiger partial charge < -0.3 is 20.6 Å². The van der Waals surface area contributed by atoms with E-state index in [1.54, 1.807) is 6.08 Å². The summed E-state index contributed by atoms with van der Waals surface area (Å²) in [6.45, 7) is 4.11. The fourth-order valence-corrected chi connectivity index (χ4v) is 5.19. The van der Waals surface area contributed by atoms with Crippen LogP contribution in [-0.4, -0.2) is 46.1 Å². The second-order valence-electron chi connectivity index (χ2n) is 12.4. The van der Waals surface area contributed by atoms with Crippen LogP contribution in [0, 0.1) is 0 Å². The Kier molecular flexibility index (Phi) is 32.9. The molecule has 0 spiro atoms. The van der Waals surface area contributed by atoms with Gasteiger partial charge in [-0.15, -0.1) is 0 Å². The fourth-order valence-electron chi connectivity index (χ4n) is 5.19. The number of amides is 1. The van der Waals surface area contributed by atoms with Crippen LogP contribution < -0.4 is 5.32 Å². The van der Waals surface area contributed by atoms with Crippen molar-refractivity contribution in [1.29, 1.82) is 0 Å². The van der Waals surface area contributed by atoms with Crippen LogP contribution in [0.25, 0.3) is 0 Å². The molecule has 0 aromatic carbocycles. The van der Waals surface area contributed by atoms with Gasteiger partial charge in [0.2, 0.25) is 5.91 Å². The van der Waals surface area contributed by atoms with Gasteiger partial charge in [-0.1, -0.05) is 159 Å². The summed E-state index contributed by atoms with van der Waals surface area (Å²) >= 11 is 0. The molecule has 44 heavy (non-hydrogen) atoms. The van der Waals surface area contributed by atoms with Crippen LogP contribution in [0.1, 0.15) is 168 Å². The van der Waals surface area contributed by atoms with Crippen LogP contribution in [-0.2, 0) is 4.79 Å². The van der Waals surface area contributed by atoms with Crippen molar-refractivity contribution in [2.45, 2.75) is 186 Å². The van der Waals surface area contributed by atoms with Gasteiger partial charge >= 0.3 is 0 Å². The highest BCUT2D eigenvalue weighted by Gasteiger charge is 2.22. The summed E-state index contributed by atoms with van der Waals surface area (Å²) in [5.41, 5.74) is 0. The average Bonchev–Trinajstić information content (AvgIpc) is 3.03. The molecule has 0 fully saturated rings. The van der Waals surface area contributed by atoms with Gasteiger partial charge in [-0.05, 0) is 57.8 Å². The molecule has 0 aliphatic heterocycles. The molecular weight excluding hydrogens is 546 g/mol. The second-order valence-corrected chi connectivity index (χ2v) is 12.4. The largest absolute Gasteiger partial charge is 0.394 e. The first-order valence-electron chi connectivity index (χ1n) is 18.5. The predicted octanol–water partition coefficient (Wildman–Crippen LogP) is 9.81. The van der Waals surface area contributed by atoms with Gasteiger partial charge in [0.05, 0.1) is 18.8 Å². The molecule has 0 aromatic rings. The van der Waals surface area contributed by atoms with E-state index in [0.717, 1.165) is 64.2 Å². The van der Waals surface area contributed by atoms with Gasteiger partial charge in [-0.3, -0.25) is 4.79 Å². The van der Waals surface area contributed by atoms with E-state index in [4.69, 9.17) is 0 Å². The molecule has 5 heteroatoms. The molecule has 1 amide bonds. The lowest BCUT2D eigenvalue weighted by molar-refractivity contribution is -0.131. The zero-order valence-electron chi connectivity index (χ0n) is 28.8. The molecule has 0 radical (unpaired) electrons. The minimum Gasteiger partial charge on any atom is -0.394 e. The van der Waals surface area contributed by atoms with Gasteiger partial charge in [0.15, 0.2) is 0 Å². The summed E-state index contributed by atoms with van der Waals surface area (Å²) < 4.78 is 0. The van der Waals surface area contributed by atoms with E-state index in [2.05, 4.69) is 55.6 Å². The number of aliphatic hydroxyl groups excluding tert-OH is 3. The Bertz CT molecular complexity index is 730. The summed E-state index contributed by atoms with van der Waals surface area (Å²) in [7, 11) is 0. The Balaban J connectivity index is 3.85. The summed E-state index contributed by atoms with van der Waals surface area (Å²) in [6, 6.07) is -0.820. The number of hydrogen-bond donors (Lipinski definition) is 4. The highest BCUT2D eigenvalue weighted by atomic mass is 16.3. The van der Waals surface area contributed by atoms with Gasteiger partial charge in [0, 0.05) is 0 Å². The van der Waals surface area contributed by atoms with Gasteiger partial charge in [-0.2, -0.15) is 0 Å². The maximum Gasteiger partial charge on any atom is 0.249 e. The second kappa shape index (κ2) is 34.2. The van der Waals surface area contributed by atoms with E-state index < -0.39 is 24.2 Å². The molecule has 0 aromatic heterocycles. The molecule has 256 valence electrons. The van der Waals surface area contributed by atoms with Crippen LogP contribution in [0.4, 0.5) is 0 Å². The van der Waals surface area contributed by atoms with Crippen LogP contribution in [0.5, 0.6) is 0 Å². The quantitative estimate of drug-likeness (QED) is 0.0344. The molecule has 0 saturated carbocycles. The van der Waals surface area contributed by atoms with Crippen molar-refractivity contribution < 1.29 is 20.1 Å². The number of carbonyl (C=O) groups is 1. The molecule has 0 aliphatic rings. The first-order chi connectivity index (χ1) is 21.6. The molecule has 5 nitrogen and oxygen atoms in total. The monoisotopic (exact) mass is 618 g/mol. The third-order valence-corrected chi connectivity index (χ3v) is 8.17. The molecular formula is C39H71NO4. The summed E-state index contributed by atoms with van der Waals surface area (Å²) in [5.74, 6) is -0.528. The SMILES string of the molecule is CCCCC/C=C\C=C/CCCCCCCC(O)C(=O)NC(CO)C(O)/C=C/CC/C=C/CCCCCCCCCCCC. The molecule has 0 bridgehead atoms. The maximum absolute atomic E-state index is 12.4. The zero-order chi connectivity index (χ0) is 32.4. The van der Waals surface area contributed by atoms with Crippen molar-refractivity contribution in [3.05, 3.63) is 48.6 Å². The van der Waals surface area contributed by atoms with Crippen molar-refractivity contribution in [2.75, 3.05) is 6.61 Å². The maximum atomic E-state index is 12.4. The van der Waals surface area contributed by atoms with Crippen molar-refractivity contribution in [3.8, 4) is 0 Å². The Labute approximate surface area is 272 Å². The van der Waals surface area contributed by atoms with E-state index >= 15 is 0 Å². The van der Waals surface area contributed by atoms with E-state index in [1.807, 2.05) is 6.08 Å². The summed E-state index contributed by atoms with van der Waals surface area (Å²) in [6.07, 6.45) is 42.6. The highest BCUT2D eigenvalue weighted by Crippen LogP contribution is 2.12. The smallest absolute Gasteiger partial charge is 0.249 e. The average molecular weight is 618 g/mol. The van der Waals surface area contributed by atoms with Crippen molar-refractivity contribution >= 4 is 5.91 Å². The number of allylic oxidation sites excluding steroid dienone is 7. The number of hydrogen-bond acceptors (Lipinski definition) is 4. The number of carbonyl (C=O) groups excluding carboxylic acids is 1. The van der Waals surface area contributed by atoms with Gasteiger partial charge in [-0.25, -0.2) is 0 Å². The molecule has 0 saturated heterocycles. The Hall–Kier alpha value is -1.69. The Morgan fingerprint density at radius 2 is 1.00 bits per heavy atom. The lowest BCUT2D eigenvalue weighted by Crippen LogP contribution is -2.48. The Morgan fingerprint density at radius 3 is 1.57 bits per heavy atom. The first-order valence-corrected chi connectivity index (χ1v) is 18.5. The third kappa shape index (κ3) is 29.0. The third-order valence-electron chi connectivity index (χ3n) is 8.17. The fraction of sp³-hybridized carbons (Fsp3) is 0.769. The normalized spacial score (nSPS) is 14.4. The number of unbranched alkanes of at least 4 members (excludes halogenated alkanes) is 19. The van der Waals surface area contributed by atoms with Crippen molar-refractivity contribution in [3.63, 3.8) is 0 Å². The molecule has 0 rings (SSSR count). The summed E-state index contributed by atoms with van der Waals surface area (Å²) in [4.78, 5) is 12.4. The minimum absolute atomic E-state index is 0.383. The topological polar surface area (TPSA) is 89.8 Å². The molecule has 0 aliphatic carbocycles. The van der Waals surface area contributed by atoms with Crippen LogP contribution >= 0.6 is 0 Å². The molecule has 3 atom stereocenters. The van der Waals surface area contributed by atoms with Gasteiger partial charge in [0.1, 0.15) is 6.10 Å². The predicted molar refractivity (Wildman–Crippen MR) is 190 cm³/mol. The lowest BCUT2D eigenvalue weighted by atomic mass is 10.1. The standard InChI is InChI=1S/C39H71NO4/c1-3-5-7-9-11-13-15-17-19-20-22-23-25-27-29-31-33-37(42)36(35-41)40-39(44)38(43)34-32-30-28-26-24-21-18-16-14-12-10-8-6-4-2/h12,14,16,18,23,25,31,33,36-38,41-43H,3-11,13,15,17,19-22,24,26-30,32,34-35H2,1-2H3,(H,40,44)/b14-12-,18-16-,25-23+,33-31+. The van der Waals surface area contributed by atoms with Gasteiger partial charge in [0.25, 0.3) is 0 Å². The van der Waals surface area contributed by atoms with Crippen LogP contribution in [0.2, 0.25) is 0 Å². The van der Waals surface area contributed by atoms with E-state index in [9.17, 15) is 20.1 Å². The van der Waals surface area contributed by atoms with Crippen molar-refractivity contribution in [2.24, 2.45) is 0 Å². The van der Waals surface area contributed by atoms with Crippen LogP contribution in [0.3, 0.4) is 0 Å². The van der Waals surface area contributed by atoms with Crippen molar-refractivity contribution in [1.82, 2.24) is 5.32 Å². The summed E-state index contributed by atoms with van der Waals surface area (Å²) in [5, 5.41) is 32.9. The van der Waals surface area contributed by atoms with E-state index in [1.165, 1.54) is 83.5 Å². The van der Waals surface area contributed by atoms with E-state index in [-0.39, 0.29) is 6.61 Å². The first kappa shape index (κ1) is 42.3. The Morgan fingerprint density at radius 1 is 0.568 bits per heavy atom. The zero-order valence-corrected chi connectivity index (χ0v) is 28.8. The highest BCUT2D eigenvalue weighted by molar-refractivity contribution is 5.80. The number of nitrogens with one attached hydrogen (secondary N) is 1. The van der Waals surface area contributed by atoms with E-state index in [0.29, 0.717) is 6.42 Å².